The van der Waals surface area contributed by atoms with E-state index in [0.29, 0.717) is 30.1 Å². The molecule has 176 valence electrons. The van der Waals surface area contributed by atoms with Crippen LogP contribution in [0.2, 0.25) is 0 Å². The maximum atomic E-state index is 12.7. The van der Waals surface area contributed by atoms with Crippen LogP contribution in [0.1, 0.15) is 24.0 Å². The van der Waals surface area contributed by atoms with Gasteiger partial charge in [0.1, 0.15) is 12.3 Å². The van der Waals surface area contributed by atoms with Gasteiger partial charge in [0.05, 0.1) is 4.91 Å². The number of thioether (sulfide) groups is 1. The van der Waals surface area contributed by atoms with Gasteiger partial charge in [-0.15, -0.1) is 0 Å². The van der Waals surface area contributed by atoms with Crippen molar-refractivity contribution in [2.75, 3.05) is 31.6 Å². The van der Waals surface area contributed by atoms with E-state index in [1.165, 1.54) is 0 Å². The number of benzene rings is 2. The standard InChI is InChI=1S/C25H25N3O5S/c1-17-5-4-6-19(13-17)26-22(29)16-33-20-9-7-18(8-10-20)14-21-24(31)28(25(32)34-21)15-23(30)27-11-2-3-12-27/h4-10,13-14H,2-3,11-12,15-16H2,1H3,(H,26,29)/b21-14-. The normalized spacial score (nSPS) is 16.9. The summed E-state index contributed by atoms with van der Waals surface area (Å²) in [5.41, 5.74) is 2.46. The molecule has 2 aliphatic heterocycles. The molecule has 0 aromatic heterocycles. The maximum Gasteiger partial charge on any atom is 0.294 e. The molecule has 8 nitrogen and oxygen atoms in total. The quantitative estimate of drug-likeness (QED) is 0.609. The summed E-state index contributed by atoms with van der Waals surface area (Å²) in [6.45, 7) is 2.93. The van der Waals surface area contributed by atoms with E-state index in [4.69, 9.17) is 4.74 Å². The van der Waals surface area contributed by atoms with Crippen molar-refractivity contribution in [2.24, 2.45) is 0 Å². The number of imide groups is 1. The third-order valence-corrected chi connectivity index (χ3v) is 6.38. The van der Waals surface area contributed by atoms with Gasteiger partial charge in [0.15, 0.2) is 6.61 Å². The average molecular weight is 480 g/mol. The smallest absolute Gasteiger partial charge is 0.294 e. The number of nitrogens with one attached hydrogen (secondary N) is 1. The van der Waals surface area contributed by atoms with Crippen molar-refractivity contribution in [2.45, 2.75) is 19.8 Å². The Morgan fingerprint density at radius 3 is 2.53 bits per heavy atom. The molecule has 2 aromatic carbocycles. The molecule has 0 saturated carbocycles. The first kappa shape index (κ1) is 23.6. The molecule has 0 atom stereocenters. The number of aryl methyl sites for hydroxylation is 1. The van der Waals surface area contributed by atoms with Gasteiger partial charge in [0.25, 0.3) is 17.1 Å². The Balaban J connectivity index is 1.31. The molecule has 2 aliphatic rings. The summed E-state index contributed by atoms with van der Waals surface area (Å²) in [7, 11) is 0. The summed E-state index contributed by atoms with van der Waals surface area (Å²) >= 11 is 0.825. The number of nitrogens with zero attached hydrogens (tertiary/aromatic N) is 2. The molecule has 9 heteroatoms. The second-order valence-corrected chi connectivity index (χ2v) is 9.12. The van der Waals surface area contributed by atoms with Gasteiger partial charge in [-0.3, -0.25) is 24.1 Å². The van der Waals surface area contributed by atoms with Crippen molar-refractivity contribution in [3.05, 3.63) is 64.6 Å². The van der Waals surface area contributed by atoms with Crippen molar-refractivity contribution in [3.8, 4) is 5.75 Å². The predicted molar refractivity (Wildman–Crippen MR) is 130 cm³/mol. The van der Waals surface area contributed by atoms with E-state index in [-0.39, 0.29) is 29.9 Å². The number of hydrogen-bond donors (Lipinski definition) is 1. The monoisotopic (exact) mass is 479 g/mol. The highest BCUT2D eigenvalue weighted by atomic mass is 32.2. The predicted octanol–water partition coefficient (Wildman–Crippen LogP) is 3.67. The Kier molecular flexibility index (Phi) is 7.32. The third-order valence-electron chi connectivity index (χ3n) is 5.48. The lowest BCUT2D eigenvalue weighted by Gasteiger charge is -2.18. The van der Waals surface area contributed by atoms with Crippen LogP contribution in [0.3, 0.4) is 0 Å². The Labute approximate surface area is 201 Å². The van der Waals surface area contributed by atoms with Gasteiger partial charge >= 0.3 is 0 Å². The summed E-state index contributed by atoms with van der Waals surface area (Å²) < 4.78 is 5.53. The Morgan fingerprint density at radius 2 is 1.82 bits per heavy atom. The minimum absolute atomic E-state index is 0.142. The SMILES string of the molecule is Cc1cccc(NC(=O)COc2ccc(/C=C3\SC(=O)N(CC(=O)N4CCCC4)C3=O)cc2)c1. The minimum atomic E-state index is -0.462. The Hall–Kier alpha value is -3.59. The second-order valence-electron chi connectivity index (χ2n) is 8.13. The van der Waals surface area contributed by atoms with E-state index in [1.807, 2.05) is 31.2 Å². The van der Waals surface area contributed by atoms with E-state index in [9.17, 15) is 19.2 Å². The van der Waals surface area contributed by atoms with Gasteiger partial charge < -0.3 is 15.0 Å². The fraction of sp³-hybridized carbons (Fsp3) is 0.280. The summed E-state index contributed by atoms with van der Waals surface area (Å²) in [5, 5.41) is 2.34. The molecule has 2 heterocycles. The average Bonchev–Trinajstić information content (AvgIpc) is 3.44. The molecule has 1 N–H and O–H groups in total. The molecule has 34 heavy (non-hydrogen) atoms. The fourth-order valence-electron chi connectivity index (χ4n) is 3.72. The Bertz CT molecular complexity index is 1140. The molecule has 2 fully saturated rings. The van der Waals surface area contributed by atoms with Crippen LogP contribution in [-0.2, 0) is 14.4 Å². The summed E-state index contributed by atoms with van der Waals surface area (Å²) in [4.78, 5) is 52.3. The molecule has 0 unspecified atom stereocenters. The zero-order valence-electron chi connectivity index (χ0n) is 18.8. The van der Waals surface area contributed by atoms with E-state index >= 15 is 0 Å². The number of anilines is 1. The topological polar surface area (TPSA) is 96.0 Å². The molecular weight excluding hydrogens is 454 g/mol. The first-order valence-electron chi connectivity index (χ1n) is 11.0. The van der Waals surface area contributed by atoms with Gasteiger partial charge in [-0.25, -0.2) is 0 Å². The number of amides is 4. The highest BCUT2D eigenvalue weighted by Gasteiger charge is 2.37. The summed E-state index contributed by atoms with van der Waals surface area (Å²) in [6, 6.07) is 14.3. The third kappa shape index (κ3) is 5.85. The maximum absolute atomic E-state index is 12.7. The van der Waals surface area contributed by atoms with E-state index in [0.717, 1.165) is 35.1 Å². The number of rotatable bonds is 7. The molecule has 0 radical (unpaired) electrons. The second kappa shape index (κ2) is 10.6. The van der Waals surface area contributed by atoms with Gasteiger partial charge in [-0.1, -0.05) is 24.3 Å². The lowest BCUT2D eigenvalue weighted by Crippen LogP contribution is -2.40. The van der Waals surface area contributed by atoms with Gasteiger partial charge in [0, 0.05) is 18.8 Å². The summed E-state index contributed by atoms with van der Waals surface area (Å²) in [5.74, 6) is -0.433. The summed E-state index contributed by atoms with van der Waals surface area (Å²) in [6.07, 6.45) is 3.51. The number of likely N-dealkylation sites (tertiary alicyclic amines) is 1. The zero-order valence-corrected chi connectivity index (χ0v) is 19.6. The molecule has 0 bridgehead atoms. The largest absolute Gasteiger partial charge is 0.484 e. The van der Waals surface area contributed by atoms with E-state index < -0.39 is 11.1 Å². The lowest BCUT2D eigenvalue weighted by molar-refractivity contribution is -0.135. The number of hydrogen-bond acceptors (Lipinski definition) is 6. The van der Waals surface area contributed by atoms with Crippen molar-refractivity contribution >= 4 is 46.5 Å². The van der Waals surface area contributed by atoms with E-state index in [1.54, 1.807) is 35.2 Å². The number of carbonyl (C=O) groups is 4. The van der Waals surface area contributed by atoms with Crippen LogP contribution >= 0.6 is 11.8 Å². The molecule has 4 rings (SSSR count). The molecule has 2 aromatic rings. The first-order chi connectivity index (χ1) is 16.4. The number of carbonyl (C=O) groups excluding carboxylic acids is 4. The molecule has 0 spiro atoms. The van der Waals surface area contributed by atoms with Crippen LogP contribution < -0.4 is 10.1 Å². The van der Waals surface area contributed by atoms with Crippen molar-refractivity contribution in [1.29, 1.82) is 0 Å². The van der Waals surface area contributed by atoms with Crippen LogP contribution in [0.15, 0.2) is 53.4 Å². The Morgan fingerprint density at radius 1 is 1.09 bits per heavy atom. The molecular formula is C25H25N3O5S. The van der Waals surface area contributed by atoms with Crippen LogP contribution in [-0.4, -0.2) is 59.0 Å². The lowest BCUT2D eigenvalue weighted by atomic mass is 10.2. The minimum Gasteiger partial charge on any atom is -0.484 e. The molecule has 0 aliphatic carbocycles. The van der Waals surface area contributed by atoms with Crippen molar-refractivity contribution in [3.63, 3.8) is 0 Å². The number of ether oxygens (including phenoxy) is 1. The van der Waals surface area contributed by atoms with Crippen LogP contribution in [0, 0.1) is 6.92 Å². The highest BCUT2D eigenvalue weighted by molar-refractivity contribution is 8.18. The molecule has 2 saturated heterocycles. The fourth-order valence-corrected chi connectivity index (χ4v) is 4.56. The highest BCUT2D eigenvalue weighted by Crippen LogP contribution is 2.32. The zero-order chi connectivity index (χ0) is 24.1. The van der Waals surface area contributed by atoms with Gasteiger partial charge in [0.2, 0.25) is 5.91 Å². The van der Waals surface area contributed by atoms with Crippen LogP contribution in [0.5, 0.6) is 5.75 Å². The van der Waals surface area contributed by atoms with Crippen LogP contribution in [0.4, 0.5) is 10.5 Å². The van der Waals surface area contributed by atoms with E-state index in [2.05, 4.69) is 5.32 Å². The van der Waals surface area contributed by atoms with Gasteiger partial charge in [-0.2, -0.15) is 0 Å². The van der Waals surface area contributed by atoms with Crippen LogP contribution in [0.25, 0.3) is 6.08 Å². The molecule has 4 amide bonds. The van der Waals surface area contributed by atoms with Gasteiger partial charge in [-0.05, 0) is 73.0 Å². The van der Waals surface area contributed by atoms with Crippen molar-refractivity contribution in [1.82, 2.24) is 9.80 Å². The van der Waals surface area contributed by atoms with Crippen molar-refractivity contribution < 1.29 is 23.9 Å². The first-order valence-corrected chi connectivity index (χ1v) is 11.8.